The first-order valence-electron chi connectivity index (χ1n) is 7.53. The molecule has 0 saturated carbocycles. The highest BCUT2D eigenvalue weighted by Crippen LogP contribution is 2.23. The van der Waals surface area contributed by atoms with E-state index in [1.165, 1.54) is 0 Å². The van der Waals surface area contributed by atoms with Crippen LogP contribution in [0.25, 0.3) is 11.3 Å². The Morgan fingerprint density at radius 1 is 1.14 bits per heavy atom. The van der Waals surface area contributed by atoms with Crippen molar-refractivity contribution in [3.63, 3.8) is 0 Å². The number of hydrogen-bond acceptors (Lipinski definition) is 5. The fourth-order valence-electron chi connectivity index (χ4n) is 2.03. The van der Waals surface area contributed by atoms with Gasteiger partial charge in [0.05, 0.1) is 19.4 Å². The minimum Gasteiger partial charge on any atom is -0.481 e. The quantitative estimate of drug-likeness (QED) is 0.758. The minimum atomic E-state index is 0.599. The van der Waals surface area contributed by atoms with Gasteiger partial charge in [0.25, 0.3) is 0 Å². The Bertz CT molecular complexity index is 585. The van der Waals surface area contributed by atoms with Crippen molar-refractivity contribution in [2.24, 2.45) is 0 Å². The van der Waals surface area contributed by atoms with E-state index < -0.39 is 0 Å². The fraction of sp³-hybridized carbons (Fsp3) is 0.412. The highest BCUT2D eigenvalue weighted by atomic mass is 16.5. The van der Waals surface area contributed by atoms with Crippen LogP contribution in [0.1, 0.15) is 18.9 Å². The van der Waals surface area contributed by atoms with Crippen molar-refractivity contribution in [2.75, 3.05) is 32.2 Å². The molecule has 0 radical (unpaired) electrons. The van der Waals surface area contributed by atoms with Crippen LogP contribution < -0.4 is 10.1 Å². The van der Waals surface area contributed by atoms with Crippen LogP contribution in [0.2, 0.25) is 0 Å². The third-order valence-corrected chi connectivity index (χ3v) is 3.25. The summed E-state index contributed by atoms with van der Waals surface area (Å²) in [5, 5.41) is 3.39. The van der Waals surface area contributed by atoms with Crippen LogP contribution in [0.4, 0.5) is 5.69 Å². The molecular weight excluding hydrogens is 278 g/mol. The van der Waals surface area contributed by atoms with Gasteiger partial charge in [0.2, 0.25) is 5.88 Å². The molecule has 5 nitrogen and oxygen atoms in total. The molecule has 2 heterocycles. The first-order chi connectivity index (χ1) is 10.7. The Hall–Kier alpha value is -2.14. The second-order valence-electron chi connectivity index (χ2n) is 5.01. The standard InChI is InChI=1S/C17H23N3O2/c1-4-8-22-9-7-18-15-10-16(19-11-13(15)2)14-5-6-17(21-3)20-12-14/h5-6,10-12H,4,7-9H2,1-3H3,(H,18,19). The Morgan fingerprint density at radius 3 is 2.68 bits per heavy atom. The molecule has 0 saturated heterocycles. The normalized spacial score (nSPS) is 10.5. The molecule has 2 aromatic heterocycles. The lowest BCUT2D eigenvalue weighted by atomic mass is 10.1. The van der Waals surface area contributed by atoms with Gasteiger partial charge in [-0.05, 0) is 31.0 Å². The molecule has 0 bridgehead atoms. The molecule has 0 amide bonds. The van der Waals surface area contributed by atoms with Gasteiger partial charge in [-0.3, -0.25) is 4.98 Å². The van der Waals surface area contributed by atoms with Crippen LogP contribution in [0.15, 0.2) is 30.6 Å². The number of rotatable bonds is 8. The predicted octanol–water partition coefficient (Wildman–Crippen LogP) is 3.30. The van der Waals surface area contributed by atoms with Crippen LogP contribution in [0.3, 0.4) is 0 Å². The van der Waals surface area contributed by atoms with Gasteiger partial charge in [0.15, 0.2) is 0 Å². The van der Waals surface area contributed by atoms with E-state index in [1.807, 2.05) is 31.3 Å². The molecule has 0 unspecified atom stereocenters. The van der Waals surface area contributed by atoms with Crippen molar-refractivity contribution >= 4 is 5.69 Å². The molecule has 2 rings (SSSR count). The van der Waals surface area contributed by atoms with Crippen molar-refractivity contribution in [3.8, 4) is 17.1 Å². The van der Waals surface area contributed by atoms with E-state index in [1.54, 1.807) is 13.3 Å². The van der Waals surface area contributed by atoms with E-state index in [-0.39, 0.29) is 0 Å². The molecule has 0 atom stereocenters. The lowest BCUT2D eigenvalue weighted by molar-refractivity contribution is 0.144. The van der Waals surface area contributed by atoms with Gasteiger partial charge in [-0.25, -0.2) is 4.98 Å². The summed E-state index contributed by atoms with van der Waals surface area (Å²) in [4.78, 5) is 8.69. The molecule has 0 aliphatic carbocycles. The molecule has 22 heavy (non-hydrogen) atoms. The van der Waals surface area contributed by atoms with Crippen LogP contribution in [0, 0.1) is 6.92 Å². The topological polar surface area (TPSA) is 56.3 Å². The number of nitrogens with zero attached hydrogens (tertiary/aromatic N) is 2. The molecule has 0 aromatic carbocycles. The molecule has 2 aromatic rings. The van der Waals surface area contributed by atoms with Crippen LogP contribution in [0.5, 0.6) is 5.88 Å². The van der Waals surface area contributed by atoms with Crippen LogP contribution >= 0.6 is 0 Å². The fourth-order valence-corrected chi connectivity index (χ4v) is 2.03. The van der Waals surface area contributed by atoms with E-state index in [9.17, 15) is 0 Å². The average Bonchev–Trinajstić information content (AvgIpc) is 2.56. The van der Waals surface area contributed by atoms with E-state index >= 15 is 0 Å². The van der Waals surface area contributed by atoms with Gasteiger partial charge in [-0.2, -0.15) is 0 Å². The molecule has 5 heteroatoms. The first-order valence-corrected chi connectivity index (χ1v) is 7.53. The second kappa shape index (κ2) is 8.34. The number of nitrogens with one attached hydrogen (secondary N) is 1. The van der Waals surface area contributed by atoms with Crippen molar-refractivity contribution in [3.05, 3.63) is 36.2 Å². The molecule has 0 aliphatic heterocycles. The van der Waals surface area contributed by atoms with Crippen LogP contribution in [-0.4, -0.2) is 36.8 Å². The van der Waals surface area contributed by atoms with Crippen molar-refractivity contribution in [1.29, 1.82) is 0 Å². The zero-order valence-corrected chi connectivity index (χ0v) is 13.4. The Kier molecular flexibility index (Phi) is 6.15. The van der Waals surface area contributed by atoms with Gasteiger partial charge in [0.1, 0.15) is 0 Å². The summed E-state index contributed by atoms with van der Waals surface area (Å²) in [6.07, 6.45) is 4.68. The van der Waals surface area contributed by atoms with E-state index in [0.29, 0.717) is 12.5 Å². The smallest absolute Gasteiger partial charge is 0.212 e. The number of anilines is 1. The highest BCUT2D eigenvalue weighted by Gasteiger charge is 2.05. The highest BCUT2D eigenvalue weighted by molar-refractivity contribution is 5.65. The summed E-state index contributed by atoms with van der Waals surface area (Å²) in [5.41, 5.74) is 4.03. The zero-order valence-electron chi connectivity index (χ0n) is 13.4. The SMILES string of the molecule is CCCOCCNc1cc(-c2ccc(OC)nc2)ncc1C. The lowest BCUT2D eigenvalue weighted by Gasteiger charge is -2.11. The maximum absolute atomic E-state index is 5.48. The molecule has 0 fully saturated rings. The summed E-state index contributed by atoms with van der Waals surface area (Å²) < 4.78 is 10.6. The summed E-state index contributed by atoms with van der Waals surface area (Å²) in [5.74, 6) is 0.599. The number of aryl methyl sites for hydroxylation is 1. The number of ether oxygens (including phenoxy) is 2. The number of pyridine rings is 2. The Labute approximate surface area is 131 Å². The third kappa shape index (κ3) is 4.43. The Balaban J connectivity index is 2.05. The number of aromatic nitrogens is 2. The largest absolute Gasteiger partial charge is 0.481 e. The summed E-state index contributed by atoms with van der Waals surface area (Å²) in [6, 6.07) is 5.83. The third-order valence-electron chi connectivity index (χ3n) is 3.25. The van der Waals surface area contributed by atoms with E-state index in [2.05, 4.69) is 22.2 Å². The van der Waals surface area contributed by atoms with E-state index in [0.717, 1.165) is 42.1 Å². The van der Waals surface area contributed by atoms with Gasteiger partial charge in [-0.15, -0.1) is 0 Å². The first kappa shape index (κ1) is 16.2. The molecule has 0 spiro atoms. The van der Waals surface area contributed by atoms with Gasteiger partial charge in [-0.1, -0.05) is 6.92 Å². The molecular formula is C17H23N3O2. The molecule has 1 N–H and O–H groups in total. The maximum atomic E-state index is 5.48. The van der Waals surface area contributed by atoms with Crippen LogP contribution in [-0.2, 0) is 4.74 Å². The van der Waals surface area contributed by atoms with Crippen molar-refractivity contribution in [2.45, 2.75) is 20.3 Å². The minimum absolute atomic E-state index is 0.599. The maximum Gasteiger partial charge on any atom is 0.212 e. The molecule has 0 aliphatic rings. The summed E-state index contributed by atoms with van der Waals surface area (Å²) in [7, 11) is 1.61. The summed E-state index contributed by atoms with van der Waals surface area (Å²) in [6.45, 7) is 6.44. The van der Waals surface area contributed by atoms with Gasteiger partial charge in [0, 0.05) is 42.9 Å². The van der Waals surface area contributed by atoms with Gasteiger partial charge >= 0.3 is 0 Å². The lowest BCUT2D eigenvalue weighted by Crippen LogP contribution is -2.10. The Morgan fingerprint density at radius 2 is 2.00 bits per heavy atom. The predicted molar refractivity (Wildman–Crippen MR) is 88.4 cm³/mol. The second-order valence-corrected chi connectivity index (χ2v) is 5.01. The summed E-state index contributed by atoms with van der Waals surface area (Å²) >= 11 is 0. The van der Waals surface area contributed by atoms with E-state index in [4.69, 9.17) is 9.47 Å². The number of methoxy groups -OCH3 is 1. The number of hydrogen-bond donors (Lipinski definition) is 1. The van der Waals surface area contributed by atoms with Crippen molar-refractivity contribution < 1.29 is 9.47 Å². The zero-order chi connectivity index (χ0) is 15.8. The van der Waals surface area contributed by atoms with Crippen molar-refractivity contribution in [1.82, 2.24) is 9.97 Å². The van der Waals surface area contributed by atoms with Gasteiger partial charge < -0.3 is 14.8 Å². The monoisotopic (exact) mass is 301 g/mol. The molecule has 118 valence electrons. The average molecular weight is 301 g/mol.